The summed E-state index contributed by atoms with van der Waals surface area (Å²) in [6.07, 6.45) is 2.29. The Morgan fingerprint density at radius 1 is 1.29 bits per heavy atom. The molecule has 3 rings (SSSR count). The first-order valence-corrected chi connectivity index (χ1v) is 9.24. The van der Waals surface area contributed by atoms with E-state index in [9.17, 15) is 13.2 Å². The minimum absolute atomic E-state index is 0. The van der Waals surface area contributed by atoms with E-state index in [1.165, 1.54) is 21.1 Å². The van der Waals surface area contributed by atoms with Crippen molar-refractivity contribution in [3.8, 4) is 0 Å². The highest BCUT2D eigenvalue weighted by molar-refractivity contribution is 7.89. The van der Waals surface area contributed by atoms with Gasteiger partial charge in [-0.15, -0.1) is 12.4 Å². The van der Waals surface area contributed by atoms with Crippen LogP contribution in [0, 0.1) is 0 Å². The first kappa shape index (κ1) is 19.2. The molecule has 1 aromatic heterocycles. The minimum Gasteiger partial charge on any atom is -0.364 e. The van der Waals surface area contributed by atoms with E-state index in [2.05, 4.69) is 10.2 Å². The summed E-state index contributed by atoms with van der Waals surface area (Å²) in [5.74, 6) is -0.630. The maximum atomic E-state index is 12.8. The number of sulfonamides is 1. The van der Waals surface area contributed by atoms with Gasteiger partial charge < -0.3 is 15.6 Å². The van der Waals surface area contributed by atoms with Crippen molar-refractivity contribution in [3.63, 3.8) is 0 Å². The number of hydrogen-bond donors (Lipinski definition) is 2. The number of aryl methyl sites for hydroxylation is 1. The van der Waals surface area contributed by atoms with Gasteiger partial charge in [0.2, 0.25) is 10.0 Å². The summed E-state index contributed by atoms with van der Waals surface area (Å²) in [6, 6.07) is 1.63. The lowest BCUT2D eigenvalue weighted by Crippen LogP contribution is -2.49. The number of primary amides is 1. The van der Waals surface area contributed by atoms with Gasteiger partial charge >= 0.3 is 0 Å². The summed E-state index contributed by atoms with van der Waals surface area (Å²) in [7, 11) is -1.97. The van der Waals surface area contributed by atoms with Gasteiger partial charge in [0.25, 0.3) is 5.91 Å². The summed E-state index contributed by atoms with van der Waals surface area (Å²) in [5, 5.41) is 3.30. The lowest BCUT2D eigenvalue weighted by atomic mass is 10.2. The average molecular weight is 378 g/mol. The molecule has 10 heteroatoms. The number of halogens is 1. The normalized spacial score (nSPS) is 23.1. The fourth-order valence-corrected chi connectivity index (χ4v) is 4.91. The maximum Gasteiger partial charge on any atom is 0.265 e. The molecule has 0 aromatic carbocycles. The monoisotopic (exact) mass is 377 g/mol. The summed E-state index contributed by atoms with van der Waals surface area (Å²) >= 11 is 0. The molecule has 1 unspecified atom stereocenters. The van der Waals surface area contributed by atoms with Gasteiger partial charge in [-0.25, -0.2) is 8.42 Å². The molecule has 0 radical (unpaired) electrons. The second kappa shape index (κ2) is 7.40. The Balaban J connectivity index is 0.00000208. The van der Waals surface area contributed by atoms with Crippen molar-refractivity contribution in [2.24, 2.45) is 12.8 Å². The lowest BCUT2D eigenvalue weighted by Gasteiger charge is -2.32. The smallest absolute Gasteiger partial charge is 0.265 e. The third-order valence-electron chi connectivity index (χ3n) is 4.66. The van der Waals surface area contributed by atoms with Crippen LogP contribution in [0.25, 0.3) is 0 Å². The molecule has 1 amide bonds. The van der Waals surface area contributed by atoms with Gasteiger partial charge in [-0.05, 0) is 12.5 Å². The van der Waals surface area contributed by atoms with Crippen molar-refractivity contribution in [1.82, 2.24) is 19.1 Å². The van der Waals surface area contributed by atoms with Crippen LogP contribution in [0.1, 0.15) is 16.9 Å². The van der Waals surface area contributed by atoms with Crippen molar-refractivity contribution in [2.75, 3.05) is 39.3 Å². The highest BCUT2D eigenvalue weighted by Crippen LogP contribution is 2.25. The molecule has 136 valence electrons. The molecule has 0 aliphatic carbocycles. The highest BCUT2D eigenvalue weighted by Gasteiger charge is 2.36. The number of hydrogen-bond acceptors (Lipinski definition) is 5. The molecule has 1 atom stereocenters. The van der Waals surface area contributed by atoms with E-state index in [0.717, 1.165) is 32.6 Å². The number of carbonyl (C=O) groups is 1. The Morgan fingerprint density at radius 2 is 1.96 bits per heavy atom. The number of nitrogens with two attached hydrogens (primary N) is 1. The Morgan fingerprint density at radius 3 is 2.54 bits per heavy atom. The Hall–Kier alpha value is -1.13. The van der Waals surface area contributed by atoms with Crippen LogP contribution in [0.15, 0.2) is 17.2 Å². The molecule has 8 nitrogen and oxygen atoms in total. The van der Waals surface area contributed by atoms with Crippen LogP contribution in [-0.2, 0) is 17.1 Å². The third kappa shape index (κ3) is 3.60. The second-order valence-corrected chi connectivity index (χ2v) is 8.07. The zero-order chi connectivity index (χ0) is 16.6. The van der Waals surface area contributed by atoms with Gasteiger partial charge in [0.05, 0.1) is 0 Å². The van der Waals surface area contributed by atoms with E-state index in [1.807, 2.05) is 0 Å². The topological polar surface area (TPSA) is 101 Å². The Labute approximate surface area is 148 Å². The summed E-state index contributed by atoms with van der Waals surface area (Å²) in [4.78, 5) is 13.8. The van der Waals surface area contributed by atoms with Gasteiger partial charge in [-0.3, -0.25) is 9.69 Å². The third-order valence-corrected chi connectivity index (χ3v) is 6.49. The van der Waals surface area contributed by atoms with E-state index < -0.39 is 15.9 Å². The van der Waals surface area contributed by atoms with Crippen molar-refractivity contribution >= 4 is 28.3 Å². The fourth-order valence-electron chi connectivity index (χ4n) is 3.34. The summed E-state index contributed by atoms with van der Waals surface area (Å²) < 4.78 is 28.5. The van der Waals surface area contributed by atoms with Gasteiger partial charge in [0.1, 0.15) is 10.6 Å². The minimum atomic E-state index is -3.58. The van der Waals surface area contributed by atoms with Gasteiger partial charge in [0.15, 0.2) is 0 Å². The quantitative estimate of drug-likeness (QED) is 0.716. The van der Waals surface area contributed by atoms with Crippen LogP contribution < -0.4 is 11.1 Å². The van der Waals surface area contributed by atoms with Crippen LogP contribution in [-0.4, -0.2) is 73.4 Å². The van der Waals surface area contributed by atoms with Gasteiger partial charge in [0, 0.05) is 58.6 Å². The van der Waals surface area contributed by atoms with Gasteiger partial charge in [-0.1, -0.05) is 0 Å². The maximum absolute atomic E-state index is 12.8. The average Bonchev–Trinajstić information content (AvgIpc) is 3.15. The molecule has 24 heavy (non-hydrogen) atoms. The molecule has 0 bridgehead atoms. The van der Waals surface area contributed by atoms with Crippen molar-refractivity contribution in [3.05, 3.63) is 18.0 Å². The zero-order valence-corrected chi connectivity index (χ0v) is 15.3. The van der Waals surface area contributed by atoms with Crippen molar-refractivity contribution < 1.29 is 13.2 Å². The van der Waals surface area contributed by atoms with E-state index in [4.69, 9.17) is 5.73 Å². The number of piperazine rings is 1. The van der Waals surface area contributed by atoms with E-state index >= 15 is 0 Å². The molecular formula is C14H24ClN5O3S. The predicted octanol–water partition coefficient (Wildman–Crippen LogP) is -0.786. The molecule has 3 heterocycles. The van der Waals surface area contributed by atoms with Crippen molar-refractivity contribution in [2.45, 2.75) is 17.4 Å². The highest BCUT2D eigenvalue weighted by atomic mass is 35.5. The van der Waals surface area contributed by atoms with Crippen LogP contribution in [0.5, 0.6) is 0 Å². The molecule has 2 fully saturated rings. The standard InChI is InChI=1S/C14H23N5O3S.ClH/c1-17-10-12(8-13(17)14(15)20)23(21,22)19-5-2-11(9-19)18-6-3-16-4-7-18;/h8,10-11,16H,2-7,9H2,1H3,(H2,15,20);1H. The second-order valence-electron chi connectivity index (χ2n) is 6.13. The SMILES string of the molecule is Cl.Cn1cc(S(=O)(=O)N2CCC(N3CCNCC3)C2)cc1C(N)=O. The van der Waals surface area contributed by atoms with E-state index in [0.29, 0.717) is 13.1 Å². The molecular weight excluding hydrogens is 354 g/mol. The number of nitrogens with zero attached hydrogens (tertiary/aromatic N) is 3. The number of rotatable bonds is 4. The summed E-state index contributed by atoms with van der Waals surface area (Å²) in [6.45, 7) is 4.82. The van der Waals surface area contributed by atoms with Crippen molar-refractivity contribution in [1.29, 1.82) is 0 Å². The van der Waals surface area contributed by atoms with Crippen LogP contribution in [0.4, 0.5) is 0 Å². The molecule has 0 saturated carbocycles. The fraction of sp³-hybridized carbons (Fsp3) is 0.643. The first-order valence-electron chi connectivity index (χ1n) is 7.80. The molecule has 2 saturated heterocycles. The Bertz CT molecular complexity index is 699. The molecule has 2 aliphatic heterocycles. The van der Waals surface area contributed by atoms with Crippen LogP contribution in [0.2, 0.25) is 0 Å². The van der Waals surface area contributed by atoms with Crippen LogP contribution in [0.3, 0.4) is 0 Å². The largest absolute Gasteiger partial charge is 0.364 e. The summed E-state index contributed by atoms with van der Waals surface area (Å²) in [5.41, 5.74) is 5.46. The Kier molecular flexibility index (Phi) is 5.92. The molecule has 1 aromatic rings. The predicted molar refractivity (Wildman–Crippen MR) is 92.8 cm³/mol. The number of amides is 1. The van der Waals surface area contributed by atoms with Crippen LogP contribution >= 0.6 is 12.4 Å². The first-order chi connectivity index (χ1) is 10.9. The molecule has 2 aliphatic rings. The van der Waals surface area contributed by atoms with E-state index in [-0.39, 0.29) is 29.0 Å². The number of aromatic nitrogens is 1. The number of nitrogens with one attached hydrogen (secondary N) is 1. The number of carbonyl (C=O) groups excluding carboxylic acids is 1. The van der Waals surface area contributed by atoms with Gasteiger partial charge in [-0.2, -0.15) is 4.31 Å². The lowest BCUT2D eigenvalue weighted by molar-refractivity contribution is 0.0992. The molecule has 3 N–H and O–H groups in total. The molecule has 0 spiro atoms. The zero-order valence-electron chi connectivity index (χ0n) is 13.6. The van der Waals surface area contributed by atoms with E-state index in [1.54, 1.807) is 7.05 Å².